The highest BCUT2D eigenvalue weighted by Crippen LogP contribution is 2.61. The van der Waals surface area contributed by atoms with Gasteiger partial charge in [0.1, 0.15) is 0 Å². The van der Waals surface area contributed by atoms with Crippen molar-refractivity contribution in [3.05, 3.63) is 157 Å². The van der Waals surface area contributed by atoms with Crippen LogP contribution in [0.5, 0.6) is 0 Å². The first-order valence-electron chi connectivity index (χ1n) is 18.0. The molecule has 6 aromatic carbocycles. The van der Waals surface area contributed by atoms with Crippen molar-refractivity contribution in [3.8, 4) is 0 Å². The van der Waals surface area contributed by atoms with E-state index in [0.29, 0.717) is 5.41 Å². The van der Waals surface area contributed by atoms with Crippen molar-refractivity contribution < 1.29 is 0 Å². The number of thiophene rings is 1. The number of nitrogens with zero attached hydrogens (tertiary/aromatic N) is 2. The lowest BCUT2D eigenvalue weighted by Crippen LogP contribution is -2.48. The zero-order valence-corrected chi connectivity index (χ0v) is 28.5. The molecule has 3 heteroatoms. The second kappa shape index (κ2) is 11.6. The maximum absolute atomic E-state index is 2.48. The molecular weight excluding hydrogens is 613 g/mol. The third kappa shape index (κ3) is 5.06. The van der Waals surface area contributed by atoms with Crippen LogP contribution in [0.25, 0.3) is 20.2 Å². The van der Waals surface area contributed by atoms with Crippen molar-refractivity contribution in [2.45, 2.75) is 43.9 Å². The van der Waals surface area contributed by atoms with Gasteiger partial charge in [0.2, 0.25) is 0 Å². The van der Waals surface area contributed by atoms with Crippen LogP contribution in [0, 0.1) is 17.8 Å². The highest BCUT2D eigenvalue weighted by molar-refractivity contribution is 7.25. The van der Waals surface area contributed by atoms with Gasteiger partial charge in [0.15, 0.2) is 0 Å². The topological polar surface area (TPSA) is 6.48 Å². The predicted octanol–water partition coefficient (Wildman–Crippen LogP) is 13.5. The molecule has 0 radical (unpaired) electrons. The van der Waals surface area contributed by atoms with Gasteiger partial charge >= 0.3 is 0 Å². The zero-order valence-electron chi connectivity index (χ0n) is 27.7. The summed E-state index contributed by atoms with van der Waals surface area (Å²) in [5.41, 5.74) is 9.09. The molecule has 7 aromatic rings. The summed E-state index contributed by atoms with van der Waals surface area (Å²) in [5, 5.41) is 2.62. The molecule has 2 nitrogen and oxygen atoms in total. The first kappa shape index (κ1) is 29.1. The van der Waals surface area contributed by atoms with E-state index in [1.54, 1.807) is 5.56 Å². The molecule has 0 N–H and O–H groups in total. The third-order valence-corrected chi connectivity index (χ3v) is 12.9. The minimum absolute atomic E-state index is 0.413. The van der Waals surface area contributed by atoms with Gasteiger partial charge in [-0.3, -0.25) is 0 Å². The zero-order chi connectivity index (χ0) is 32.4. The van der Waals surface area contributed by atoms with Gasteiger partial charge in [-0.15, -0.1) is 11.3 Å². The van der Waals surface area contributed by atoms with E-state index in [1.165, 1.54) is 81.4 Å². The van der Waals surface area contributed by atoms with Gasteiger partial charge in [0, 0.05) is 54.3 Å². The maximum atomic E-state index is 2.48. The average Bonchev–Trinajstić information content (AvgIpc) is 3.50. The molecule has 240 valence electrons. The smallest absolute Gasteiger partial charge is 0.0476 e. The molecule has 0 atom stereocenters. The Morgan fingerprint density at radius 1 is 0.408 bits per heavy atom. The average molecular weight is 653 g/mol. The van der Waals surface area contributed by atoms with Gasteiger partial charge in [-0.1, -0.05) is 78.9 Å². The van der Waals surface area contributed by atoms with Crippen LogP contribution in [-0.4, -0.2) is 0 Å². The number of fused-ring (bicyclic) bond motifs is 3. The molecule has 0 amide bonds. The third-order valence-electron chi connectivity index (χ3n) is 11.8. The highest BCUT2D eigenvalue weighted by atomic mass is 32.1. The van der Waals surface area contributed by atoms with E-state index >= 15 is 0 Å². The van der Waals surface area contributed by atoms with Crippen LogP contribution in [0.15, 0.2) is 152 Å². The highest BCUT2D eigenvalue weighted by Gasteiger charge is 2.51. The molecule has 4 bridgehead atoms. The van der Waals surface area contributed by atoms with Gasteiger partial charge in [0.05, 0.1) is 0 Å². The summed E-state index contributed by atoms with van der Waals surface area (Å²) in [7, 11) is 0. The summed E-state index contributed by atoms with van der Waals surface area (Å²) in [5.74, 6) is 2.86. The summed E-state index contributed by atoms with van der Waals surface area (Å²) in [6, 6.07) is 55.9. The Balaban J connectivity index is 1.03. The van der Waals surface area contributed by atoms with Crippen molar-refractivity contribution in [3.63, 3.8) is 0 Å². The Kier molecular flexibility index (Phi) is 6.91. The Labute approximate surface area is 293 Å². The predicted molar refractivity (Wildman–Crippen MR) is 209 cm³/mol. The maximum Gasteiger partial charge on any atom is 0.0476 e. The lowest BCUT2D eigenvalue weighted by molar-refractivity contribution is -0.00518. The van der Waals surface area contributed by atoms with E-state index in [9.17, 15) is 0 Å². The van der Waals surface area contributed by atoms with E-state index in [2.05, 4.69) is 161 Å². The standard InChI is InChI=1S/C46H40N2S/c1-4-10-36(11-5-1)47(37-12-6-2-7-13-37)40-20-22-42-43-23-21-41(28-45(43)49-44(42)27-40)48(38-14-8-3-9-15-38)39-18-16-35(17-19-39)46-29-32-24-33(30-46)26-34(25-32)31-46/h1-23,27-28,32-34H,24-26,29-31H2. The molecule has 1 heterocycles. The normalized spacial score (nSPS) is 22.5. The summed E-state index contributed by atoms with van der Waals surface area (Å²) in [6.45, 7) is 0. The molecule has 4 aliphatic carbocycles. The molecule has 4 fully saturated rings. The summed E-state index contributed by atoms with van der Waals surface area (Å²) >= 11 is 1.89. The van der Waals surface area contributed by atoms with Crippen molar-refractivity contribution in [2.75, 3.05) is 9.80 Å². The van der Waals surface area contributed by atoms with Gasteiger partial charge in [-0.2, -0.15) is 0 Å². The molecule has 49 heavy (non-hydrogen) atoms. The first-order chi connectivity index (χ1) is 24.2. The van der Waals surface area contributed by atoms with Gasteiger partial charge in [-0.05, 0) is 140 Å². The second-order valence-corrected chi connectivity index (χ2v) is 16.0. The van der Waals surface area contributed by atoms with Crippen LogP contribution in [0.3, 0.4) is 0 Å². The number of hydrogen-bond donors (Lipinski definition) is 0. The van der Waals surface area contributed by atoms with E-state index in [-0.39, 0.29) is 0 Å². The fraction of sp³-hybridized carbons (Fsp3) is 0.217. The Morgan fingerprint density at radius 3 is 1.18 bits per heavy atom. The number of hydrogen-bond acceptors (Lipinski definition) is 3. The van der Waals surface area contributed by atoms with Crippen molar-refractivity contribution in [1.82, 2.24) is 0 Å². The lowest BCUT2D eigenvalue weighted by Gasteiger charge is -2.57. The van der Waals surface area contributed by atoms with E-state index < -0.39 is 0 Å². The fourth-order valence-electron chi connectivity index (χ4n) is 10.1. The molecule has 0 spiro atoms. The van der Waals surface area contributed by atoms with Crippen LogP contribution in [0.4, 0.5) is 34.1 Å². The molecule has 0 unspecified atom stereocenters. The van der Waals surface area contributed by atoms with Gasteiger partial charge in [0.25, 0.3) is 0 Å². The SMILES string of the molecule is c1ccc(N(c2ccccc2)c2ccc3c(c2)sc2cc(N(c4ccccc4)c4ccc(C56CC7CC(CC(C7)C5)C6)cc4)ccc23)cc1. The minimum atomic E-state index is 0.413. The van der Waals surface area contributed by atoms with Crippen LogP contribution >= 0.6 is 11.3 Å². The Bertz CT molecular complexity index is 2180. The lowest BCUT2D eigenvalue weighted by atomic mass is 9.48. The molecule has 0 saturated heterocycles. The number of benzene rings is 6. The Hall–Kier alpha value is -4.86. The van der Waals surface area contributed by atoms with Crippen LogP contribution in [-0.2, 0) is 5.41 Å². The molecule has 4 saturated carbocycles. The molecule has 1 aromatic heterocycles. The van der Waals surface area contributed by atoms with Crippen molar-refractivity contribution >= 4 is 65.6 Å². The van der Waals surface area contributed by atoms with Gasteiger partial charge in [-0.25, -0.2) is 0 Å². The summed E-state index contributed by atoms with van der Waals surface area (Å²) < 4.78 is 2.61. The second-order valence-electron chi connectivity index (χ2n) is 14.9. The largest absolute Gasteiger partial charge is 0.310 e. The molecular formula is C46H40N2S. The van der Waals surface area contributed by atoms with E-state index in [0.717, 1.165) is 29.1 Å². The van der Waals surface area contributed by atoms with E-state index in [4.69, 9.17) is 0 Å². The van der Waals surface area contributed by atoms with E-state index in [1.807, 2.05) is 11.3 Å². The first-order valence-corrected chi connectivity index (χ1v) is 18.8. The molecule has 0 aliphatic heterocycles. The van der Waals surface area contributed by atoms with Crippen LogP contribution in [0.1, 0.15) is 44.1 Å². The molecule has 4 aliphatic rings. The monoisotopic (exact) mass is 652 g/mol. The van der Waals surface area contributed by atoms with Crippen LogP contribution < -0.4 is 9.80 Å². The van der Waals surface area contributed by atoms with Crippen molar-refractivity contribution in [1.29, 1.82) is 0 Å². The number of anilines is 6. The van der Waals surface area contributed by atoms with Crippen molar-refractivity contribution in [2.24, 2.45) is 17.8 Å². The molecule has 11 rings (SSSR count). The summed E-state index contributed by atoms with van der Waals surface area (Å²) in [6.07, 6.45) is 8.66. The fourth-order valence-corrected chi connectivity index (χ4v) is 11.3. The minimum Gasteiger partial charge on any atom is -0.310 e. The number of para-hydroxylation sites is 3. The van der Waals surface area contributed by atoms with Gasteiger partial charge < -0.3 is 9.80 Å². The Morgan fingerprint density at radius 2 is 0.776 bits per heavy atom. The van der Waals surface area contributed by atoms with Crippen LogP contribution in [0.2, 0.25) is 0 Å². The number of rotatable bonds is 7. The quantitative estimate of drug-likeness (QED) is 0.169. The summed E-state index contributed by atoms with van der Waals surface area (Å²) in [4.78, 5) is 4.78.